The number of amides is 1. The summed E-state index contributed by atoms with van der Waals surface area (Å²) in [6, 6.07) is 15.9. The summed E-state index contributed by atoms with van der Waals surface area (Å²) in [5.41, 5.74) is 2.74. The molecule has 3 heterocycles. The summed E-state index contributed by atoms with van der Waals surface area (Å²) in [5.74, 6) is 2.34. The SMILES string of the molecule is CCOc1nc2ccccc2nc1N1CCC[C@H](C(=O)N2CCN(c3ccccc3OC)CC2)C1. The van der Waals surface area contributed by atoms with Crippen LogP contribution in [-0.2, 0) is 4.79 Å². The second kappa shape index (κ2) is 10.4. The molecule has 2 aliphatic rings. The highest BCUT2D eigenvalue weighted by atomic mass is 16.5. The maximum absolute atomic E-state index is 13.5. The normalized spacial score (nSPS) is 18.6. The molecule has 2 aliphatic heterocycles. The number of ether oxygens (including phenoxy) is 2. The van der Waals surface area contributed by atoms with Crippen molar-refractivity contribution in [2.45, 2.75) is 19.8 Å². The molecule has 3 aromatic rings. The van der Waals surface area contributed by atoms with Gasteiger partial charge >= 0.3 is 0 Å². The molecule has 1 aromatic heterocycles. The number of aromatic nitrogens is 2. The molecule has 0 spiro atoms. The Bertz CT molecular complexity index is 1180. The summed E-state index contributed by atoms with van der Waals surface area (Å²) in [7, 11) is 1.70. The van der Waals surface area contributed by atoms with Crippen molar-refractivity contribution in [3.63, 3.8) is 0 Å². The Morgan fingerprint density at radius 3 is 2.40 bits per heavy atom. The van der Waals surface area contributed by atoms with E-state index >= 15 is 0 Å². The Labute approximate surface area is 206 Å². The summed E-state index contributed by atoms with van der Waals surface area (Å²) >= 11 is 0. The van der Waals surface area contributed by atoms with Gasteiger partial charge in [-0.15, -0.1) is 0 Å². The van der Waals surface area contributed by atoms with Crippen molar-refractivity contribution in [1.29, 1.82) is 0 Å². The van der Waals surface area contributed by atoms with Crippen LogP contribution in [-0.4, -0.2) is 73.8 Å². The molecule has 2 aromatic carbocycles. The van der Waals surface area contributed by atoms with Crippen LogP contribution in [0.4, 0.5) is 11.5 Å². The summed E-state index contributed by atoms with van der Waals surface area (Å²) in [6.45, 7) is 6.98. The predicted molar refractivity (Wildman–Crippen MR) is 137 cm³/mol. The third-order valence-corrected chi connectivity index (χ3v) is 6.89. The van der Waals surface area contributed by atoms with Gasteiger partial charge in [-0.05, 0) is 44.0 Å². The van der Waals surface area contributed by atoms with Crippen molar-refractivity contribution in [3.8, 4) is 11.6 Å². The highest BCUT2D eigenvalue weighted by Crippen LogP contribution is 2.32. The van der Waals surface area contributed by atoms with Crippen LogP contribution in [0.25, 0.3) is 11.0 Å². The highest BCUT2D eigenvalue weighted by Gasteiger charge is 2.33. The number of anilines is 2. The quantitative estimate of drug-likeness (QED) is 0.539. The van der Waals surface area contributed by atoms with Gasteiger partial charge in [-0.25, -0.2) is 9.97 Å². The number of methoxy groups -OCH3 is 1. The van der Waals surface area contributed by atoms with Gasteiger partial charge in [0.1, 0.15) is 5.75 Å². The molecule has 184 valence electrons. The fourth-order valence-corrected chi connectivity index (χ4v) is 5.10. The molecule has 1 amide bonds. The van der Waals surface area contributed by atoms with E-state index in [9.17, 15) is 4.79 Å². The highest BCUT2D eigenvalue weighted by molar-refractivity contribution is 5.81. The monoisotopic (exact) mass is 475 g/mol. The third-order valence-electron chi connectivity index (χ3n) is 6.89. The van der Waals surface area contributed by atoms with Crippen LogP contribution in [0.1, 0.15) is 19.8 Å². The van der Waals surface area contributed by atoms with Crippen LogP contribution in [0.2, 0.25) is 0 Å². The maximum atomic E-state index is 13.5. The molecule has 0 aliphatic carbocycles. The van der Waals surface area contributed by atoms with E-state index in [0.717, 1.165) is 60.8 Å². The van der Waals surface area contributed by atoms with Crippen LogP contribution in [0.5, 0.6) is 11.6 Å². The van der Waals surface area contributed by atoms with E-state index in [1.165, 1.54) is 0 Å². The minimum Gasteiger partial charge on any atom is -0.495 e. The average Bonchev–Trinajstić information content (AvgIpc) is 2.92. The van der Waals surface area contributed by atoms with Crippen molar-refractivity contribution in [3.05, 3.63) is 48.5 Å². The number of nitrogens with zero attached hydrogens (tertiary/aromatic N) is 5. The number of benzene rings is 2. The molecule has 0 radical (unpaired) electrons. The lowest BCUT2D eigenvalue weighted by Gasteiger charge is -2.40. The summed E-state index contributed by atoms with van der Waals surface area (Å²) in [4.78, 5) is 29.6. The molecule has 2 fully saturated rings. The average molecular weight is 476 g/mol. The summed E-state index contributed by atoms with van der Waals surface area (Å²) < 4.78 is 11.4. The van der Waals surface area contributed by atoms with Gasteiger partial charge in [-0.2, -0.15) is 0 Å². The zero-order valence-electron chi connectivity index (χ0n) is 20.5. The van der Waals surface area contributed by atoms with Crippen molar-refractivity contribution in [2.75, 3.05) is 62.8 Å². The first kappa shape index (κ1) is 23.2. The van der Waals surface area contributed by atoms with Crippen LogP contribution in [0.15, 0.2) is 48.5 Å². The number of hydrogen-bond acceptors (Lipinski definition) is 7. The first-order chi connectivity index (χ1) is 17.2. The van der Waals surface area contributed by atoms with Crippen molar-refractivity contribution in [2.24, 2.45) is 5.92 Å². The topological polar surface area (TPSA) is 71.0 Å². The Morgan fingerprint density at radius 1 is 0.943 bits per heavy atom. The molecule has 0 unspecified atom stereocenters. The van der Waals surface area contributed by atoms with Crippen molar-refractivity contribution in [1.82, 2.24) is 14.9 Å². The molecule has 0 saturated carbocycles. The van der Waals surface area contributed by atoms with Gasteiger partial charge in [0, 0.05) is 39.3 Å². The number of hydrogen-bond donors (Lipinski definition) is 0. The van der Waals surface area contributed by atoms with E-state index in [1.807, 2.05) is 54.3 Å². The first-order valence-corrected chi connectivity index (χ1v) is 12.5. The Hall–Kier alpha value is -3.55. The number of carbonyl (C=O) groups is 1. The molecule has 1 atom stereocenters. The fourth-order valence-electron chi connectivity index (χ4n) is 5.10. The molecule has 35 heavy (non-hydrogen) atoms. The maximum Gasteiger partial charge on any atom is 0.258 e. The Balaban J connectivity index is 1.27. The van der Waals surface area contributed by atoms with E-state index in [1.54, 1.807) is 7.11 Å². The molecule has 0 bridgehead atoms. The number of carbonyl (C=O) groups excluding carboxylic acids is 1. The lowest BCUT2D eigenvalue weighted by molar-refractivity contribution is -0.136. The van der Waals surface area contributed by atoms with E-state index in [-0.39, 0.29) is 11.8 Å². The standard InChI is InChI=1S/C27H33N5O3/c1-3-35-26-25(28-21-10-4-5-11-22(21)29-26)32-14-8-9-20(19-32)27(33)31-17-15-30(16-18-31)23-12-6-7-13-24(23)34-2/h4-7,10-13,20H,3,8-9,14-19H2,1-2H3/t20-/m0/s1. The predicted octanol–water partition coefficient (Wildman–Crippen LogP) is 3.60. The molecular weight excluding hydrogens is 442 g/mol. The number of para-hydroxylation sites is 4. The van der Waals surface area contributed by atoms with E-state index < -0.39 is 0 Å². The number of fused-ring (bicyclic) bond motifs is 1. The van der Waals surface area contributed by atoms with Gasteiger partial charge in [0.25, 0.3) is 5.88 Å². The Kier molecular flexibility index (Phi) is 6.88. The van der Waals surface area contributed by atoms with Gasteiger partial charge < -0.3 is 24.2 Å². The van der Waals surface area contributed by atoms with Crippen LogP contribution < -0.4 is 19.3 Å². The van der Waals surface area contributed by atoms with Crippen molar-refractivity contribution >= 4 is 28.4 Å². The minimum absolute atomic E-state index is 0.0516. The van der Waals surface area contributed by atoms with Gasteiger partial charge in [-0.3, -0.25) is 4.79 Å². The molecule has 8 heteroatoms. The summed E-state index contributed by atoms with van der Waals surface area (Å²) in [5, 5.41) is 0. The van der Waals surface area contributed by atoms with E-state index in [4.69, 9.17) is 19.4 Å². The second-order valence-corrected chi connectivity index (χ2v) is 9.04. The zero-order valence-corrected chi connectivity index (χ0v) is 20.5. The van der Waals surface area contributed by atoms with Gasteiger partial charge in [0.05, 0.1) is 36.4 Å². The lowest BCUT2D eigenvalue weighted by atomic mass is 9.96. The minimum atomic E-state index is -0.0516. The molecule has 0 N–H and O–H groups in total. The number of piperidine rings is 1. The van der Waals surface area contributed by atoms with Crippen LogP contribution >= 0.6 is 0 Å². The fraction of sp³-hybridized carbons (Fsp3) is 0.444. The van der Waals surface area contributed by atoms with Gasteiger partial charge in [0.15, 0.2) is 5.82 Å². The molecule has 8 nitrogen and oxygen atoms in total. The van der Waals surface area contributed by atoms with Gasteiger partial charge in [0.2, 0.25) is 5.91 Å². The molecule has 2 saturated heterocycles. The smallest absolute Gasteiger partial charge is 0.258 e. The largest absolute Gasteiger partial charge is 0.495 e. The number of piperazine rings is 1. The third kappa shape index (κ3) is 4.83. The van der Waals surface area contributed by atoms with Gasteiger partial charge in [-0.1, -0.05) is 24.3 Å². The molecular formula is C27H33N5O3. The van der Waals surface area contributed by atoms with E-state index in [2.05, 4.69) is 15.9 Å². The zero-order chi connectivity index (χ0) is 24.2. The van der Waals surface area contributed by atoms with Crippen LogP contribution in [0.3, 0.4) is 0 Å². The molecule has 5 rings (SSSR count). The second-order valence-electron chi connectivity index (χ2n) is 9.04. The first-order valence-electron chi connectivity index (χ1n) is 12.5. The van der Waals surface area contributed by atoms with Crippen molar-refractivity contribution < 1.29 is 14.3 Å². The lowest BCUT2D eigenvalue weighted by Crippen LogP contribution is -2.52. The summed E-state index contributed by atoms with van der Waals surface area (Å²) in [6.07, 6.45) is 1.84. The van der Waals surface area contributed by atoms with E-state index in [0.29, 0.717) is 32.1 Å². The Morgan fingerprint density at radius 2 is 1.66 bits per heavy atom. The van der Waals surface area contributed by atoms with Crippen LogP contribution in [0, 0.1) is 5.92 Å². The number of rotatable bonds is 6.